The van der Waals surface area contributed by atoms with Crippen molar-refractivity contribution in [2.24, 2.45) is 0 Å². The van der Waals surface area contributed by atoms with Crippen molar-refractivity contribution < 1.29 is 9.53 Å². The van der Waals surface area contributed by atoms with Crippen molar-refractivity contribution in [1.82, 2.24) is 14.9 Å². The van der Waals surface area contributed by atoms with Crippen LogP contribution < -0.4 is 15.5 Å². The number of para-hydroxylation sites is 1. The molecule has 0 bridgehead atoms. The van der Waals surface area contributed by atoms with Crippen molar-refractivity contribution in [3.05, 3.63) is 107 Å². The zero-order valence-corrected chi connectivity index (χ0v) is 22.8. The van der Waals surface area contributed by atoms with Gasteiger partial charge in [-0.3, -0.25) is 9.78 Å². The molecule has 2 aromatic carbocycles. The highest BCUT2D eigenvalue weighted by Gasteiger charge is 2.42. The van der Waals surface area contributed by atoms with Gasteiger partial charge >= 0.3 is 0 Å². The monoisotopic (exact) mass is 525 g/mol. The minimum Gasteiger partial charge on any atom is -0.375 e. The van der Waals surface area contributed by atoms with Gasteiger partial charge in [-0.25, -0.2) is 0 Å². The molecule has 4 aromatic rings. The smallest absolute Gasteiger partial charge is 0.250 e. The van der Waals surface area contributed by atoms with Crippen LogP contribution in [-0.4, -0.2) is 34.3 Å². The number of aromatic nitrogens is 2. The molecule has 1 fully saturated rings. The molecule has 2 aromatic heterocycles. The van der Waals surface area contributed by atoms with E-state index in [4.69, 9.17) is 17.0 Å². The van der Waals surface area contributed by atoms with Crippen molar-refractivity contribution in [2.75, 3.05) is 23.9 Å². The zero-order chi connectivity index (χ0) is 26.8. The average molecular weight is 526 g/mol. The summed E-state index contributed by atoms with van der Waals surface area (Å²) in [4.78, 5) is 18.9. The van der Waals surface area contributed by atoms with E-state index in [1.807, 2.05) is 49.5 Å². The molecule has 1 aliphatic rings. The van der Waals surface area contributed by atoms with E-state index in [9.17, 15) is 4.79 Å². The molecule has 194 valence electrons. The minimum atomic E-state index is -0.192. The number of anilines is 2. The molecule has 0 aliphatic carbocycles. The number of rotatable bonds is 7. The van der Waals surface area contributed by atoms with E-state index in [1.165, 1.54) is 12.7 Å². The van der Waals surface area contributed by atoms with Gasteiger partial charge < -0.3 is 24.8 Å². The number of nitrogens with zero attached hydrogens (tertiary/aromatic N) is 3. The maximum atomic E-state index is 12.1. The van der Waals surface area contributed by atoms with Gasteiger partial charge in [0, 0.05) is 41.8 Å². The van der Waals surface area contributed by atoms with E-state index in [0.717, 1.165) is 39.7 Å². The Hall–Kier alpha value is -4.01. The Kier molecular flexibility index (Phi) is 7.26. The minimum absolute atomic E-state index is 0.00613. The Morgan fingerprint density at radius 1 is 1.03 bits per heavy atom. The lowest BCUT2D eigenvalue weighted by Crippen LogP contribution is -2.29. The topological polar surface area (TPSA) is 71.4 Å². The van der Waals surface area contributed by atoms with Gasteiger partial charge in [0.1, 0.15) is 6.61 Å². The van der Waals surface area contributed by atoms with Crippen LogP contribution in [0.15, 0.2) is 79.0 Å². The average Bonchev–Trinajstić information content (AvgIpc) is 3.41. The first-order valence-electron chi connectivity index (χ1n) is 12.5. The Morgan fingerprint density at radius 2 is 1.79 bits per heavy atom. The maximum absolute atomic E-state index is 12.1. The lowest BCUT2D eigenvalue weighted by molar-refractivity contribution is -0.119. The van der Waals surface area contributed by atoms with Gasteiger partial charge in [-0.05, 0) is 92.6 Å². The molecule has 1 saturated heterocycles. The fraction of sp³-hybridized carbons (Fsp3) is 0.233. The van der Waals surface area contributed by atoms with Gasteiger partial charge in [0.25, 0.3) is 0 Å². The normalized spacial score (nSPS) is 16.9. The summed E-state index contributed by atoms with van der Waals surface area (Å²) >= 11 is 5.93. The molecule has 8 heteroatoms. The molecule has 3 heterocycles. The predicted molar refractivity (Wildman–Crippen MR) is 155 cm³/mol. The number of carbonyl (C=O) groups excluding carboxylic acids is 1. The molecule has 0 saturated carbocycles. The van der Waals surface area contributed by atoms with Gasteiger partial charge in [-0.2, -0.15) is 0 Å². The summed E-state index contributed by atoms with van der Waals surface area (Å²) in [5, 5.41) is 7.09. The Balaban J connectivity index is 1.60. The third kappa shape index (κ3) is 4.80. The highest BCUT2D eigenvalue weighted by molar-refractivity contribution is 7.80. The van der Waals surface area contributed by atoms with E-state index < -0.39 is 0 Å². The molecule has 2 N–H and O–H groups in total. The first kappa shape index (κ1) is 25.6. The quantitative estimate of drug-likeness (QED) is 0.308. The predicted octanol–water partition coefficient (Wildman–Crippen LogP) is 5.56. The van der Waals surface area contributed by atoms with Crippen LogP contribution >= 0.6 is 12.2 Å². The summed E-state index contributed by atoms with van der Waals surface area (Å²) in [6, 6.07) is 24.3. The van der Waals surface area contributed by atoms with Gasteiger partial charge in [-0.15, -0.1) is 0 Å². The highest BCUT2D eigenvalue weighted by atomic mass is 32.1. The first-order valence-corrected chi connectivity index (χ1v) is 12.9. The number of aryl methyl sites for hydroxylation is 2. The van der Waals surface area contributed by atoms with Crippen LogP contribution in [0.1, 0.15) is 40.3 Å². The number of amides is 1. The fourth-order valence-electron chi connectivity index (χ4n) is 5.27. The number of nitrogens with one attached hydrogen (secondary N) is 2. The van der Waals surface area contributed by atoms with E-state index in [2.05, 4.69) is 75.3 Å². The van der Waals surface area contributed by atoms with E-state index in [0.29, 0.717) is 5.11 Å². The third-order valence-electron chi connectivity index (χ3n) is 6.94. The number of hydrogen-bond donors (Lipinski definition) is 2. The number of hydrogen-bond acceptors (Lipinski definition) is 4. The summed E-state index contributed by atoms with van der Waals surface area (Å²) in [6.07, 6.45) is 1.81. The summed E-state index contributed by atoms with van der Waals surface area (Å²) in [5.74, 6) is -0.192. The Labute approximate surface area is 228 Å². The molecular formula is C30H31N5O2S. The maximum Gasteiger partial charge on any atom is 0.250 e. The van der Waals surface area contributed by atoms with Crippen molar-refractivity contribution >= 4 is 34.6 Å². The van der Waals surface area contributed by atoms with E-state index in [-0.39, 0.29) is 24.6 Å². The lowest BCUT2D eigenvalue weighted by atomic mass is 9.96. The summed E-state index contributed by atoms with van der Waals surface area (Å²) in [6.45, 7) is 6.27. The molecule has 38 heavy (non-hydrogen) atoms. The molecule has 7 nitrogen and oxygen atoms in total. The number of thiocarbonyl (C=S) groups is 1. The van der Waals surface area contributed by atoms with E-state index >= 15 is 0 Å². The summed E-state index contributed by atoms with van der Waals surface area (Å²) in [5.41, 5.74) is 8.13. The summed E-state index contributed by atoms with van der Waals surface area (Å²) in [7, 11) is 1.50. The largest absolute Gasteiger partial charge is 0.375 e. The fourth-order valence-corrected chi connectivity index (χ4v) is 5.61. The molecule has 2 unspecified atom stereocenters. The lowest BCUT2D eigenvalue weighted by Gasteiger charge is -2.29. The molecule has 1 amide bonds. The van der Waals surface area contributed by atoms with Crippen LogP contribution in [0.2, 0.25) is 0 Å². The zero-order valence-electron chi connectivity index (χ0n) is 21.9. The van der Waals surface area contributed by atoms with Crippen LogP contribution in [0.25, 0.3) is 5.69 Å². The highest BCUT2D eigenvalue weighted by Crippen LogP contribution is 2.44. The second kappa shape index (κ2) is 10.8. The van der Waals surface area contributed by atoms with Crippen LogP contribution in [-0.2, 0) is 9.53 Å². The molecule has 1 aliphatic heterocycles. The number of ether oxygens (including phenoxy) is 1. The third-order valence-corrected chi connectivity index (χ3v) is 7.25. The van der Waals surface area contributed by atoms with Crippen molar-refractivity contribution in [1.29, 1.82) is 0 Å². The molecule has 2 atom stereocenters. The number of methoxy groups -OCH3 is 1. The van der Waals surface area contributed by atoms with Gasteiger partial charge in [0.15, 0.2) is 5.11 Å². The van der Waals surface area contributed by atoms with Crippen LogP contribution in [0, 0.1) is 20.8 Å². The van der Waals surface area contributed by atoms with Gasteiger partial charge in [0.05, 0.1) is 17.8 Å². The van der Waals surface area contributed by atoms with Gasteiger partial charge in [0.2, 0.25) is 5.91 Å². The number of carbonyl (C=O) groups is 1. The van der Waals surface area contributed by atoms with Crippen LogP contribution in [0.3, 0.4) is 0 Å². The molecule has 0 radical (unpaired) electrons. The van der Waals surface area contributed by atoms with Crippen molar-refractivity contribution in [3.8, 4) is 5.69 Å². The first-order chi connectivity index (χ1) is 18.4. The number of pyridine rings is 1. The standard InChI is InChI=1S/C30H31N5O2S/c1-19-16-23(13-14-25(19)32-27(36)18-37-4)35-29(28(33-30(35)38)26-12-8-9-15-31-26)24-17-20(2)34(21(24)3)22-10-6-5-7-11-22/h5-17,28-29H,18H2,1-4H3,(H,32,36)(H,33,38). The Morgan fingerprint density at radius 3 is 2.47 bits per heavy atom. The Bertz CT molecular complexity index is 1470. The second-order valence-electron chi connectivity index (χ2n) is 9.47. The van der Waals surface area contributed by atoms with Crippen molar-refractivity contribution in [3.63, 3.8) is 0 Å². The van der Waals surface area contributed by atoms with Gasteiger partial charge in [-0.1, -0.05) is 24.3 Å². The number of benzene rings is 2. The SMILES string of the molecule is COCC(=O)Nc1ccc(N2C(=S)NC(c3ccccn3)C2c2cc(C)n(-c3ccccc3)c2C)cc1C. The summed E-state index contributed by atoms with van der Waals surface area (Å²) < 4.78 is 7.23. The van der Waals surface area contributed by atoms with Crippen LogP contribution in [0.4, 0.5) is 11.4 Å². The molecular weight excluding hydrogens is 494 g/mol. The molecule has 0 spiro atoms. The van der Waals surface area contributed by atoms with Crippen LogP contribution in [0.5, 0.6) is 0 Å². The second-order valence-corrected chi connectivity index (χ2v) is 9.86. The molecule has 5 rings (SSSR count). The van der Waals surface area contributed by atoms with E-state index in [1.54, 1.807) is 0 Å². The van der Waals surface area contributed by atoms with Crippen molar-refractivity contribution in [2.45, 2.75) is 32.9 Å².